The number of rotatable bonds is 4. The number of carbonyl (C=O) groups excluding carboxylic acids is 1. The predicted molar refractivity (Wildman–Crippen MR) is 90.0 cm³/mol. The second-order valence-corrected chi connectivity index (χ2v) is 7.52. The van der Waals surface area contributed by atoms with E-state index in [1.54, 1.807) is 25.1 Å². The van der Waals surface area contributed by atoms with Gasteiger partial charge in [0.05, 0.1) is 4.90 Å². The molecule has 1 heterocycles. The lowest BCUT2D eigenvalue weighted by atomic mass is 10.2. The number of pyridine rings is 1. The number of hydrogen-bond donors (Lipinski definition) is 1. The molecule has 0 aliphatic rings. The van der Waals surface area contributed by atoms with Crippen LogP contribution in [0, 0.1) is 13.8 Å². The Kier molecular flexibility index (Phi) is 5.06. The number of hydrogen-bond acceptors (Lipinski definition) is 3. The molecule has 1 amide bonds. The fraction of sp³-hybridized carbons (Fsp3) is 0.200. The molecule has 0 atom stereocenters. The van der Waals surface area contributed by atoms with Gasteiger partial charge in [-0.15, -0.1) is 4.40 Å². The highest BCUT2D eigenvalue weighted by Crippen LogP contribution is 2.15. The average Bonchev–Trinajstić information content (AvgIpc) is 2.47. The van der Waals surface area contributed by atoms with Gasteiger partial charge in [0.25, 0.3) is 10.0 Å². The van der Waals surface area contributed by atoms with Crippen LogP contribution in [0.5, 0.6) is 0 Å². The van der Waals surface area contributed by atoms with Crippen LogP contribution < -0.4 is 11.2 Å². The zero-order valence-electron chi connectivity index (χ0n) is 12.7. The SMILES string of the molecule is Cc1ccc(S(=O)(=O)/N=c2\ccc(Br)c(C)n2CC(N)=O)cc1. The molecule has 0 aliphatic heterocycles. The molecule has 23 heavy (non-hydrogen) atoms. The number of sulfonamides is 1. The van der Waals surface area contributed by atoms with Crippen molar-refractivity contribution in [2.24, 2.45) is 10.1 Å². The molecule has 8 heteroatoms. The summed E-state index contributed by atoms with van der Waals surface area (Å²) in [5.41, 5.74) is 6.99. The molecule has 0 fully saturated rings. The second kappa shape index (κ2) is 6.67. The summed E-state index contributed by atoms with van der Waals surface area (Å²) in [6.07, 6.45) is 0. The first kappa shape index (κ1) is 17.4. The van der Waals surface area contributed by atoms with Gasteiger partial charge in [-0.1, -0.05) is 17.7 Å². The van der Waals surface area contributed by atoms with E-state index in [0.717, 1.165) is 10.0 Å². The van der Waals surface area contributed by atoms with E-state index in [4.69, 9.17) is 5.73 Å². The number of nitrogens with zero attached hydrogens (tertiary/aromatic N) is 2. The van der Waals surface area contributed by atoms with Crippen molar-refractivity contribution in [2.45, 2.75) is 25.3 Å². The van der Waals surface area contributed by atoms with Crippen LogP contribution in [0.2, 0.25) is 0 Å². The normalized spacial score (nSPS) is 12.4. The molecule has 1 aromatic heterocycles. The lowest BCUT2D eigenvalue weighted by Gasteiger charge is -2.11. The lowest BCUT2D eigenvalue weighted by Crippen LogP contribution is -2.30. The van der Waals surface area contributed by atoms with Gasteiger partial charge in [-0.25, -0.2) is 0 Å². The Labute approximate surface area is 142 Å². The maximum absolute atomic E-state index is 12.4. The van der Waals surface area contributed by atoms with E-state index in [1.165, 1.54) is 22.8 Å². The van der Waals surface area contributed by atoms with Crippen LogP contribution >= 0.6 is 15.9 Å². The summed E-state index contributed by atoms with van der Waals surface area (Å²) >= 11 is 3.34. The van der Waals surface area contributed by atoms with Crippen molar-refractivity contribution in [1.82, 2.24) is 4.57 Å². The van der Waals surface area contributed by atoms with Crippen LogP contribution in [-0.4, -0.2) is 18.9 Å². The highest BCUT2D eigenvalue weighted by Gasteiger charge is 2.14. The minimum Gasteiger partial charge on any atom is -0.368 e. The third-order valence-corrected chi connectivity index (χ3v) is 5.39. The smallest absolute Gasteiger partial charge is 0.284 e. The number of amides is 1. The van der Waals surface area contributed by atoms with Crippen molar-refractivity contribution in [2.75, 3.05) is 0 Å². The third-order valence-electron chi connectivity index (χ3n) is 3.25. The number of nitrogens with two attached hydrogens (primary N) is 1. The molecule has 6 nitrogen and oxygen atoms in total. The number of benzene rings is 1. The van der Waals surface area contributed by atoms with Gasteiger partial charge in [0, 0.05) is 10.2 Å². The van der Waals surface area contributed by atoms with Crippen molar-refractivity contribution in [3.63, 3.8) is 0 Å². The molecule has 2 aromatic rings. The Morgan fingerprint density at radius 2 is 1.78 bits per heavy atom. The van der Waals surface area contributed by atoms with Gasteiger partial charge >= 0.3 is 0 Å². The van der Waals surface area contributed by atoms with E-state index >= 15 is 0 Å². The van der Waals surface area contributed by atoms with Gasteiger partial charge in [0.2, 0.25) is 5.91 Å². The minimum absolute atomic E-state index is 0.0919. The minimum atomic E-state index is -3.88. The van der Waals surface area contributed by atoms with E-state index in [2.05, 4.69) is 20.3 Å². The van der Waals surface area contributed by atoms with Gasteiger partial charge in [-0.2, -0.15) is 8.42 Å². The van der Waals surface area contributed by atoms with Crippen molar-refractivity contribution < 1.29 is 13.2 Å². The molecule has 2 N–H and O–H groups in total. The van der Waals surface area contributed by atoms with E-state index in [9.17, 15) is 13.2 Å². The Morgan fingerprint density at radius 3 is 2.35 bits per heavy atom. The van der Waals surface area contributed by atoms with E-state index in [1.807, 2.05) is 6.92 Å². The summed E-state index contributed by atoms with van der Waals surface area (Å²) in [5.74, 6) is -0.583. The molecule has 2 rings (SSSR count). The van der Waals surface area contributed by atoms with Gasteiger partial charge in [0.15, 0.2) is 0 Å². The zero-order valence-corrected chi connectivity index (χ0v) is 15.1. The summed E-state index contributed by atoms with van der Waals surface area (Å²) in [7, 11) is -3.88. The molecule has 0 saturated carbocycles. The number of carbonyl (C=O) groups is 1. The maximum Gasteiger partial charge on any atom is 0.284 e. The van der Waals surface area contributed by atoms with E-state index in [0.29, 0.717) is 5.69 Å². The van der Waals surface area contributed by atoms with Crippen LogP contribution in [0.3, 0.4) is 0 Å². The summed E-state index contributed by atoms with van der Waals surface area (Å²) in [4.78, 5) is 11.3. The lowest BCUT2D eigenvalue weighted by molar-refractivity contribution is -0.118. The van der Waals surface area contributed by atoms with Crippen LogP contribution in [-0.2, 0) is 21.4 Å². The van der Waals surface area contributed by atoms with Crippen molar-refractivity contribution >= 4 is 31.9 Å². The Hall–Kier alpha value is -1.93. The Morgan fingerprint density at radius 1 is 1.17 bits per heavy atom. The summed E-state index contributed by atoms with van der Waals surface area (Å²) in [6.45, 7) is 3.45. The monoisotopic (exact) mass is 397 g/mol. The van der Waals surface area contributed by atoms with Gasteiger partial charge in [-0.3, -0.25) is 4.79 Å². The second-order valence-electron chi connectivity index (χ2n) is 5.06. The largest absolute Gasteiger partial charge is 0.368 e. The van der Waals surface area contributed by atoms with E-state index < -0.39 is 15.9 Å². The zero-order chi connectivity index (χ0) is 17.2. The van der Waals surface area contributed by atoms with Crippen LogP contribution in [0.15, 0.2) is 50.2 Å². The highest BCUT2D eigenvalue weighted by atomic mass is 79.9. The first-order chi connectivity index (χ1) is 10.7. The summed E-state index contributed by atoms with van der Waals surface area (Å²) in [6, 6.07) is 9.60. The van der Waals surface area contributed by atoms with Crippen molar-refractivity contribution in [3.05, 3.63) is 57.6 Å². The van der Waals surface area contributed by atoms with Crippen LogP contribution in [0.4, 0.5) is 0 Å². The molecular formula is C15H16BrN3O3S. The van der Waals surface area contributed by atoms with Crippen LogP contribution in [0.25, 0.3) is 0 Å². The average molecular weight is 398 g/mol. The summed E-state index contributed by atoms with van der Waals surface area (Å²) < 4.78 is 30.9. The van der Waals surface area contributed by atoms with E-state index in [-0.39, 0.29) is 16.9 Å². The highest BCUT2D eigenvalue weighted by molar-refractivity contribution is 9.10. The Balaban J connectivity index is 2.64. The van der Waals surface area contributed by atoms with Gasteiger partial charge < -0.3 is 10.3 Å². The molecular weight excluding hydrogens is 382 g/mol. The van der Waals surface area contributed by atoms with Gasteiger partial charge in [-0.05, 0) is 54.0 Å². The van der Waals surface area contributed by atoms with Crippen molar-refractivity contribution in [1.29, 1.82) is 0 Å². The fourth-order valence-electron chi connectivity index (χ4n) is 1.98. The maximum atomic E-state index is 12.4. The molecule has 0 saturated heterocycles. The van der Waals surface area contributed by atoms with Crippen LogP contribution in [0.1, 0.15) is 11.3 Å². The first-order valence-corrected chi connectivity index (χ1v) is 8.96. The molecule has 0 unspecified atom stereocenters. The number of halogens is 1. The summed E-state index contributed by atoms with van der Waals surface area (Å²) in [5, 5.41) is 0. The number of primary amides is 1. The topological polar surface area (TPSA) is 94.5 Å². The quantitative estimate of drug-likeness (QED) is 0.849. The Bertz CT molecular complexity index is 916. The molecule has 0 spiro atoms. The first-order valence-electron chi connectivity index (χ1n) is 6.72. The molecule has 122 valence electrons. The van der Waals surface area contributed by atoms with Crippen molar-refractivity contribution in [3.8, 4) is 0 Å². The standard InChI is InChI=1S/C15H16BrN3O3S/c1-10-3-5-12(6-4-10)23(21,22)18-15-8-7-13(16)11(2)19(15)9-14(17)20/h3-8H,9H2,1-2H3,(H2,17,20)/b18-15+. The predicted octanol–water partition coefficient (Wildman–Crippen LogP) is 1.64. The molecule has 0 aliphatic carbocycles. The number of aryl methyl sites for hydroxylation is 1. The molecule has 0 bridgehead atoms. The third kappa shape index (κ3) is 4.08. The molecule has 1 aromatic carbocycles. The number of aromatic nitrogens is 1. The molecule has 0 radical (unpaired) electrons. The van der Waals surface area contributed by atoms with Gasteiger partial charge in [0.1, 0.15) is 12.0 Å². The fourth-order valence-corrected chi connectivity index (χ4v) is 3.32.